The van der Waals surface area contributed by atoms with Gasteiger partial charge < -0.3 is 19.1 Å². The quantitative estimate of drug-likeness (QED) is 0.153. The van der Waals surface area contributed by atoms with Crippen molar-refractivity contribution in [3.63, 3.8) is 0 Å². The first kappa shape index (κ1) is 32.9. The Morgan fingerprint density at radius 1 is 1.04 bits per heavy atom. The molecule has 3 aromatic carbocycles. The molecule has 3 aromatic heterocycles. The van der Waals surface area contributed by atoms with Crippen LogP contribution < -0.4 is 10.1 Å². The molecule has 0 saturated carbocycles. The number of nitrogens with zero attached hydrogens (tertiary/aromatic N) is 5. The third-order valence-corrected chi connectivity index (χ3v) is 8.33. The van der Waals surface area contributed by atoms with Crippen molar-refractivity contribution in [2.75, 3.05) is 12.4 Å². The number of fused-ring (bicyclic) bond motifs is 1. The number of nitrogens with one attached hydrogen (secondary N) is 1. The number of methoxy groups -OCH3 is 1. The number of aromatic carboxylic acids is 1. The van der Waals surface area contributed by atoms with Crippen molar-refractivity contribution in [1.82, 2.24) is 19.5 Å². The Morgan fingerprint density at radius 3 is 2.57 bits per heavy atom. The summed E-state index contributed by atoms with van der Waals surface area (Å²) in [7, 11) is 1.38. The fourth-order valence-corrected chi connectivity index (χ4v) is 5.64. The average Bonchev–Trinajstić information content (AvgIpc) is 3.74. The Balaban J connectivity index is 1.25. The van der Waals surface area contributed by atoms with Crippen LogP contribution in [0.25, 0.3) is 22.3 Å². The van der Waals surface area contributed by atoms with Crippen LogP contribution in [0.1, 0.15) is 32.9 Å². The van der Waals surface area contributed by atoms with Gasteiger partial charge in [0, 0.05) is 42.3 Å². The molecule has 0 saturated heterocycles. The number of carbonyl (C=O) groups is 2. The van der Waals surface area contributed by atoms with Gasteiger partial charge in [-0.1, -0.05) is 24.3 Å². The minimum atomic E-state index is -1.13. The lowest BCUT2D eigenvalue weighted by atomic mass is 10.1. The van der Waals surface area contributed by atoms with Gasteiger partial charge in [0.2, 0.25) is 5.88 Å². The van der Waals surface area contributed by atoms with Crippen LogP contribution in [0.2, 0.25) is 0 Å². The van der Waals surface area contributed by atoms with Crippen LogP contribution in [-0.2, 0) is 29.1 Å². The number of carboxylic acid groups (broad SMARTS) is 1. The first-order valence-electron chi connectivity index (χ1n) is 14.7. The van der Waals surface area contributed by atoms with E-state index in [2.05, 4.69) is 20.3 Å². The number of carbonyl (C=O) groups excluding carboxylic acids is 1. The number of imidazole rings is 1. The van der Waals surface area contributed by atoms with Gasteiger partial charge >= 0.3 is 5.97 Å². The molecule has 0 bridgehead atoms. The summed E-state index contributed by atoms with van der Waals surface area (Å²) in [6.45, 7) is -0.155. The maximum Gasteiger partial charge on any atom is 0.335 e. The van der Waals surface area contributed by atoms with Gasteiger partial charge in [0.05, 0.1) is 40.5 Å². The van der Waals surface area contributed by atoms with E-state index in [4.69, 9.17) is 14.7 Å². The second-order valence-corrected chi connectivity index (χ2v) is 11.6. The Labute approximate surface area is 282 Å². The highest BCUT2D eigenvalue weighted by Gasteiger charge is 2.24. The summed E-state index contributed by atoms with van der Waals surface area (Å²) < 4.78 is 42.8. The maximum absolute atomic E-state index is 15.7. The molecule has 0 spiro atoms. The average molecular weight is 681 g/mol. The fraction of sp³-hybridized carbons (Fsp3) is 0.143. The summed E-state index contributed by atoms with van der Waals surface area (Å²) in [5, 5.41) is 23.4. The van der Waals surface area contributed by atoms with E-state index in [1.54, 1.807) is 52.5 Å². The summed E-state index contributed by atoms with van der Waals surface area (Å²) in [5.74, 6) is -2.12. The molecule has 2 N–H and O–H groups in total. The van der Waals surface area contributed by atoms with Crippen LogP contribution in [-0.4, -0.2) is 49.7 Å². The van der Waals surface area contributed by atoms with Gasteiger partial charge in [-0.05, 0) is 48.0 Å². The molecular weight excluding hydrogens is 654 g/mol. The van der Waals surface area contributed by atoms with Crippen molar-refractivity contribution in [3.8, 4) is 23.2 Å². The molecule has 0 fully saturated rings. The number of pyridine rings is 1. The zero-order valence-corrected chi connectivity index (χ0v) is 26.6. The molecular formula is C35H26F2N6O5S. The first-order chi connectivity index (χ1) is 23.7. The topological polar surface area (TPSA) is 152 Å². The molecule has 0 aliphatic rings. The molecule has 49 heavy (non-hydrogen) atoms. The van der Waals surface area contributed by atoms with E-state index in [-0.39, 0.29) is 42.1 Å². The third-order valence-electron chi connectivity index (χ3n) is 7.64. The van der Waals surface area contributed by atoms with E-state index >= 15 is 4.39 Å². The number of aromatic nitrogens is 4. The third kappa shape index (κ3) is 7.43. The van der Waals surface area contributed by atoms with Crippen LogP contribution >= 0.6 is 11.3 Å². The lowest BCUT2D eigenvalue weighted by molar-refractivity contribution is -0.126. The van der Waals surface area contributed by atoms with Crippen LogP contribution in [0.4, 0.5) is 13.9 Å². The monoisotopic (exact) mass is 680 g/mol. The van der Waals surface area contributed by atoms with Crippen molar-refractivity contribution in [2.45, 2.75) is 25.7 Å². The summed E-state index contributed by atoms with van der Waals surface area (Å²) in [5.41, 5.74) is 2.57. The first-order valence-corrected chi connectivity index (χ1v) is 15.6. The number of ether oxygens (including phenoxy) is 2. The number of anilines is 1. The predicted molar refractivity (Wildman–Crippen MR) is 176 cm³/mol. The number of thiazole rings is 1. The van der Waals surface area contributed by atoms with E-state index in [1.165, 1.54) is 48.8 Å². The highest BCUT2D eigenvalue weighted by molar-refractivity contribution is 7.13. The van der Waals surface area contributed by atoms with E-state index < -0.39 is 29.6 Å². The summed E-state index contributed by atoms with van der Waals surface area (Å²) in [6, 6.07) is 20.0. The number of rotatable bonds is 12. The molecule has 6 aromatic rings. The summed E-state index contributed by atoms with van der Waals surface area (Å²) in [4.78, 5) is 38.0. The van der Waals surface area contributed by atoms with Crippen molar-refractivity contribution in [3.05, 3.63) is 124 Å². The number of hydrogen-bond donors (Lipinski definition) is 2. The molecule has 0 aliphatic heterocycles. The highest BCUT2D eigenvalue weighted by atomic mass is 32.1. The standard InChI is InChI=1S/C35H26F2N6O5S/c1-47-30(33(44)42-35-39-11-12-49-35)18-43-29-15-23(34(45)46)9-10-28(29)40-31(43)16-21-7-8-22(14-26(21)37)27-3-2-4-32(41-27)48-19-24-6-5-20(17-38)13-25(24)36/h2-15,30H,16,18-19H2,1H3,(H,45,46)(H,39,42,44)/t30-/m1/s1. The van der Waals surface area contributed by atoms with Crippen molar-refractivity contribution in [2.24, 2.45) is 0 Å². The molecule has 246 valence electrons. The zero-order valence-electron chi connectivity index (χ0n) is 25.8. The van der Waals surface area contributed by atoms with Crippen molar-refractivity contribution < 1.29 is 33.0 Å². The maximum atomic E-state index is 15.7. The molecule has 14 heteroatoms. The normalized spacial score (nSPS) is 11.6. The molecule has 0 radical (unpaired) electrons. The van der Waals surface area contributed by atoms with E-state index in [0.717, 1.165) is 6.07 Å². The number of hydrogen-bond acceptors (Lipinski definition) is 9. The van der Waals surface area contributed by atoms with E-state index in [9.17, 15) is 19.1 Å². The lowest BCUT2D eigenvalue weighted by Gasteiger charge is -2.18. The van der Waals surface area contributed by atoms with Gasteiger partial charge in [0.25, 0.3) is 5.91 Å². The Hall–Kier alpha value is -6.04. The largest absolute Gasteiger partial charge is 0.478 e. The number of nitriles is 1. The number of amides is 1. The van der Waals surface area contributed by atoms with Crippen LogP contribution in [0.5, 0.6) is 5.88 Å². The number of halogens is 2. The molecule has 0 unspecified atom stereocenters. The Morgan fingerprint density at radius 2 is 1.86 bits per heavy atom. The number of benzene rings is 3. The van der Waals surface area contributed by atoms with E-state index in [0.29, 0.717) is 38.8 Å². The summed E-state index contributed by atoms with van der Waals surface area (Å²) >= 11 is 1.25. The molecule has 0 aliphatic carbocycles. The van der Waals surface area contributed by atoms with Gasteiger partial charge in [-0.25, -0.2) is 28.5 Å². The Kier molecular flexibility index (Phi) is 9.65. The molecule has 1 atom stereocenters. The van der Waals surface area contributed by atoms with Crippen LogP contribution in [0.15, 0.2) is 84.4 Å². The SMILES string of the molecule is CO[C@H](Cn1c(Cc2ccc(-c3cccc(OCc4ccc(C#N)cc4F)n3)cc2F)nc2ccc(C(=O)O)cc21)C(=O)Nc1nccs1. The minimum Gasteiger partial charge on any atom is -0.478 e. The fourth-order valence-electron chi connectivity index (χ4n) is 5.11. The zero-order chi connectivity index (χ0) is 34.5. The minimum absolute atomic E-state index is 0.0144. The van der Waals surface area contributed by atoms with E-state index in [1.807, 2.05) is 6.07 Å². The van der Waals surface area contributed by atoms with Gasteiger partial charge in [0.15, 0.2) is 11.2 Å². The lowest BCUT2D eigenvalue weighted by Crippen LogP contribution is -2.34. The predicted octanol–water partition coefficient (Wildman–Crippen LogP) is 6.23. The van der Waals surface area contributed by atoms with Gasteiger partial charge in [-0.2, -0.15) is 5.26 Å². The smallest absolute Gasteiger partial charge is 0.335 e. The summed E-state index contributed by atoms with van der Waals surface area (Å²) in [6.07, 6.45) is 0.564. The second kappa shape index (κ2) is 14.4. The molecule has 3 heterocycles. The van der Waals surface area contributed by atoms with Crippen LogP contribution in [0, 0.1) is 23.0 Å². The van der Waals surface area contributed by atoms with Gasteiger partial charge in [0.1, 0.15) is 24.1 Å². The highest BCUT2D eigenvalue weighted by Crippen LogP contribution is 2.27. The number of carboxylic acids is 1. The van der Waals surface area contributed by atoms with Gasteiger partial charge in [-0.15, -0.1) is 11.3 Å². The molecule has 1 amide bonds. The molecule has 6 rings (SSSR count). The van der Waals surface area contributed by atoms with Gasteiger partial charge in [-0.3, -0.25) is 10.1 Å². The second-order valence-electron chi connectivity index (χ2n) is 10.7. The van der Waals surface area contributed by atoms with Crippen LogP contribution in [0.3, 0.4) is 0 Å². The Bertz CT molecular complexity index is 2220. The van der Waals surface area contributed by atoms with Crippen molar-refractivity contribution >= 4 is 39.4 Å². The van der Waals surface area contributed by atoms with Crippen molar-refractivity contribution in [1.29, 1.82) is 5.26 Å². The molecule has 11 nitrogen and oxygen atoms in total.